The number of hydrogen-bond acceptors (Lipinski definition) is 6. The topological polar surface area (TPSA) is 102 Å². The molecule has 0 bridgehead atoms. The highest BCUT2D eigenvalue weighted by Gasteiger charge is 2.34. The van der Waals surface area contributed by atoms with Gasteiger partial charge in [0.25, 0.3) is 5.91 Å². The number of hydrogen-bond donors (Lipinski definition) is 0. The van der Waals surface area contributed by atoms with E-state index in [9.17, 15) is 13.2 Å². The molecule has 0 atom stereocenters. The van der Waals surface area contributed by atoms with Crippen LogP contribution < -0.4 is 0 Å². The van der Waals surface area contributed by atoms with Gasteiger partial charge in [-0.15, -0.1) is 10.2 Å². The van der Waals surface area contributed by atoms with Crippen LogP contribution in [0.4, 0.5) is 0 Å². The lowest BCUT2D eigenvalue weighted by atomic mass is 9.97. The van der Waals surface area contributed by atoms with E-state index in [1.54, 1.807) is 35.2 Å². The SMILES string of the molecule is CC(C)S(=O)(=O)N1CCC(c2nnc3n2CCN(C(=O)c2ccco2)C3)CC1. The highest BCUT2D eigenvalue weighted by atomic mass is 32.2. The number of nitrogens with zero attached hydrogens (tertiary/aromatic N) is 5. The maximum Gasteiger partial charge on any atom is 0.290 e. The Kier molecular flexibility index (Phi) is 5.00. The predicted molar refractivity (Wildman–Crippen MR) is 101 cm³/mol. The molecule has 4 rings (SSSR count). The number of piperidine rings is 1. The summed E-state index contributed by atoms with van der Waals surface area (Å²) in [6.07, 6.45) is 2.96. The molecule has 0 unspecified atom stereocenters. The Bertz CT molecular complexity index is 943. The molecule has 0 spiro atoms. The number of rotatable bonds is 4. The number of carbonyl (C=O) groups excluding carboxylic acids is 1. The van der Waals surface area contributed by atoms with Crippen LogP contribution in [0, 0.1) is 0 Å². The molecule has 28 heavy (non-hydrogen) atoms. The van der Waals surface area contributed by atoms with Gasteiger partial charge in [-0.05, 0) is 38.8 Å². The van der Waals surface area contributed by atoms with Crippen LogP contribution in [0.25, 0.3) is 0 Å². The fraction of sp³-hybridized carbons (Fsp3) is 0.611. The van der Waals surface area contributed by atoms with Crippen molar-refractivity contribution in [2.75, 3.05) is 19.6 Å². The smallest absolute Gasteiger partial charge is 0.290 e. The predicted octanol–water partition coefficient (Wildman–Crippen LogP) is 1.44. The van der Waals surface area contributed by atoms with Crippen LogP contribution in [0.2, 0.25) is 0 Å². The first kappa shape index (κ1) is 19.1. The van der Waals surface area contributed by atoms with Crippen LogP contribution in [0.15, 0.2) is 22.8 Å². The zero-order chi connectivity index (χ0) is 19.9. The molecule has 1 amide bonds. The van der Waals surface area contributed by atoms with Crippen molar-refractivity contribution in [3.8, 4) is 0 Å². The third-order valence-electron chi connectivity index (χ3n) is 5.58. The van der Waals surface area contributed by atoms with Crippen molar-refractivity contribution in [2.24, 2.45) is 0 Å². The van der Waals surface area contributed by atoms with Gasteiger partial charge in [-0.1, -0.05) is 0 Å². The van der Waals surface area contributed by atoms with Crippen molar-refractivity contribution in [1.82, 2.24) is 24.0 Å². The maximum absolute atomic E-state index is 12.5. The van der Waals surface area contributed by atoms with E-state index < -0.39 is 15.3 Å². The Balaban J connectivity index is 1.44. The molecule has 9 nitrogen and oxygen atoms in total. The van der Waals surface area contributed by atoms with E-state index in [-0.39, 0.29) is 11.8 Å². The fourth-order valence-electron chi connectivity index (χ4n) is 3.88. The van der Waals surface area contributed by atoms with E-state index in [2.05, 4.69) is 14.8 Å². The molecule has 0 N–H and O–H groups in total. The lowest BCUT2D eigenvalue weighted by molar-refractivity contribution is 0.0673. The molecule has 2 aliphatic heterocycles. The molecular formula is C18H25N5O4S. The molecule has 2 aliphatic rings. The van der Waals surface area contributed by atoms with Crippen molar-refractivity contribution < 1.29 is 17.6 Å². The van der Waals surface area contributed by atoms with Crippen LogP contribution >= 0.6 is 0 Å². The minimum absolute atomic E-state index is 0.145. The van der Waals surface area contributed by atoms with E-state index in [1.807, 2.05) is 0 Å². The highest BCUT2D eigenvalue weighted by molar-refractivity contribution is 7.89. The van der Waals surface area contributed by atoms with E-state index in [4.69, 9.17) is 4.42 Å². The van der Waals surface area contributed by atoms with Gasteiger partial charge >= 0.3 is 0 Å². The molecule has 4 heterocycles. The summed E-state index contributed by atoms with van der Waals surface area (Å²) in [6.45, 7) is 6.05. The highest BCUT2D eigenvalue weighted by Crippen LogP contribution is 2.30. The monoisotopic (exact) mass is 407 g/mol. The summed E-state index contributed by atoms with van der Waals surface area (Å²) in [7, 11) is -3.21. The van der Waals surface area contributed by atoms with Gasteiger partial charge in [0, 0.05) is 32.1 Å². The molecule has 0 aliphatic carbocycles. The molecule has 0 radical (unpaired) electrons. The van der Waals surface area contributed by atoms with Gasteiger partial charge in [0.15, 0.2) is 11.6 Å². The first-order chi connectivity index (χ1) is 13.4. The number of aromatic nitrogens is 3. The molecule has 0 saturated carbocycles. The van der Waals surface area contributed by atoms with Crippen molar-refractivity contribution in [3.63, 3.8) is 0 Å². The first-order valence-electron chi connectivity index (χ1n) is 9.61. The summed E-state index contributed by atoms with van der Waals surface area (Å²) < 4.78 is 33.6. The molecule has 2 aromatic rings. The van der Waals surface area contributed by atoms with Gasteiger partial charge in [0.1, 0.15) is 5.82 Å². The third-order valence-corrected chi connectivity index (χ3v) is 7.85. The first-order valence-corrected chi connectivity index (χ1v) is 11.1. The zero-order valence-electron chi connectivity index (χ0n) is 16.1. The van der Waals surface area contributed by atoms with Crippen molar-refractivity contribution in [2.45, 2.75) is 50.9 Å². The number of amides is 1. The molecule has 152 valence electrons. The molecule has 2 aromatic heterocycles. The van der Waals surface area contributed by atoms with E-state index in [1.165, 1.54) is 6.26 Å². The molecule has 0 aromatic carbocycles. The summed E-state index contributed by atoms with van der Waals surface area (Å²) in [5.74, 6) is 2.03. The van der Waals surface area contributed by atoms with Crippen LogP contribution in [-0.2, 0) is 23.1 Å². The van der Waals surface area contributed by atoms with Crippen molar-refractivity contribution in [1.29, 1.82) is 0 Å². The largest absolute Gasteiger partial charge is 0.459 e. The third kappa shape index (κ3) is 3.35. The van der Waals surface area contributed by atoms with Gasteiger partial charge in [-0.25, -0.2) is 12.7 Å². The molecular weight excluding hydrogens is 382 g/mol. The van der Waals surface area contributed by atoms with Gasteiger partial charge in [0.05, 0.1) is 18.1 Å². The Morgan fingerprint density at radius 3 is 2.57 bits per heavy atom. The minimum atomic E-state index is -3.21. The molecule has 10 heteroatoms. The van der Waals surface area contributed by atoms with Crippen LogP contribution in [0.3, 0.4) is 0 Å². The van der Waals surface area contributed by atoms with E-state index in [0.717, 1.165) is 24.5 Å². The average Bonchev–Trinajstić information content (AvgIpc) is 3.37. The number of furan rings is 1. The van der Waals surface area contributed by atoms with E-state index >= 15 is 0 Å². The number of carbonyl (C=O) groups is 1. The van der Waals surface area contributed by atoms with E-state index in [0.29, 0.717) is 38.5 Å². The Hall–Kier alpha value is -2.20. The Labute approximate surface area is 164 Å². The second kappa shape index (κ2) is 7.32. The zero-order valence-corrected chi connectivity index (χ0v) is 16.9. The summed E-state index contributed by atoms with van der Waals surface area (Å²) in [6, 6.07) is 3.36. The number of fused-ring (bicyclic) bond motifs is 1. The van der Waals surface area contributed by atoms with Gasteiger partial charge in [-0.2, -0.15) is 0 Å². The normalized spacial score (nSPS) is 19.2. The van der Waals surface area contributed by atoms with Crippen LogP contribution in [-0.4, -0.2) is 63.2 Å². The Morgan fingerprint density at radius 1 is 1.18 bits per heavy atom. The van der Waals surface area contributed by atoms with Crippen molar-refractivity contribution >= 4 is 15.9 Å². The summed E-state index contributed by atoms with van der Waals surface area (Å²) >= 11 is 0. The quantitative estimate of drug-likeness (QED) is 0.760. The van der Waals surface area contributed by atoms with Gasteiger partial charge < -0.3 is 13.9 Å². The Morgan fingerprint density at radius 2 is 1.93 bits per heavy atom. The van der Waals surface area contributed by atoms with Gasteiger partial charge in [0.2, 0.25) is 10.0 Å². The summed E-state index contributed by atoms with van der Waals surface area (Å²) in [5.41, 5.74) is 0. The average molecular weight is 407 g/mol. The number of sulfonamides is 1. The summed E-state index contributed by atoms with van der Waals surface area (Å²) in [4.78, 5) is 14.2. The van der Waals surface area contributed by atoms with Crippen LogP contribution in [0.1, 0.15) is 54.8 Å². The standard InChI is InChI=1S/C18H25N5O4S/c1-13(2)28(25,26)22-7-5-14(6-8-22)17-20-19-16-12-21(9-10-23(16)17)18(24)15-4-3-11-27-15/h3-4,11,13-14H,5-10,12H2,1-2H3. The second-order valence-electron chi connectivity index (χ2n) is 7.60. The minimum Gasteiger partial charge on any atom is -0.459 e. The molecule has 1 fully saturated rings. The lowest BCUT2D eigenvalue weighted by Gasteiger charge is -2.33. The summed E-state index contributed by atoms with van der Waals surface area (Å²) in [5, 5.41) is 8.28. The van der Waals surface area contributed by atoms with Gasteiger partial charge in [-0.3, -0.25) is 4.79 Å². The second-order valence-corrected chi connectivity index (χ2v) is 10.1. The maximum atomic E-state index is 12.5. The molecule has 1 saturated heterocycles. The lowest BCUT2D eigenvalue weighted by Crippen LogP contribution is -2.42. The van der Waals surface area contributed by atoms with Crippen molar-refractivity contribution in [3.05, 3.63) is 35.8 Å². The van der Waals surface area contributed by atoms with Crippen LogP contribution in [0.5, 0.6) is 0 Å². The fourth-order valence-corrected chi connectivity index (χ4v) is 5.19.